The van der Waals surface area contributed by atoms with E-state index in [1.807, 2.05) is 18.2 Å². The predicted octanol–water partition coefficient (Wildman–Crippen LogP) is 3.62. The summed E-state index contributed by atoms with van der Waals surface area (Å²) in [7, 11) is 0. The Hall–Kier alpha value is -2.49. The molecule has 1 saturated heterocycles. The lowest BCUT2D eigenvalue weighted by Crippen LogP contribution is -2.49. The Labute approximate surface area is 137 Å². The Morgan fingerprint density at radius 2 is 1.61 bits per heavy atom. The fraction of sp³-hybridized carbons (Fsp3) is 0.316. The summed E-state index contributed by atoms with van der Waals surface area (Å²) in [5.41, 5.74) is 3.88. The Bertz CT molecular complexity index is 677. The van der Waals surface area contributed by atoms with Crippen LogP contribution < -0.4 is 9.64 Å². The lowest BCUT2D eigenvalue weighted by atomic mass is 10.1. The van der Waals surface area contributed by atoms with E-state index >= 15 is 0 Å². The van der Waals surface area contributed by atoms with Crippen LogP contribution in [0.4, 0.5) is 10.5 Å². The number of hydrogen-bond donors (Lipinski definition) is 0. The summed E-state index contributed by atoms with van der Waals surface area (Å²) in [5.74, 6) is 0.592. The van der Waals surface area contributed by atoms with Gasteiger partial charge in [-0.15, -0.1) is 0 Å². The van der Waals surface area contributed by atoms with E-state index in [1.54, 1.807) is 17.0 Å². The molecular formula is C19H22N2O2. The molecule has 0 radical (unpaired) electrons. The Morgan fingerprint density at radius 1 is 0.913 bits per heavy atom. The second-order valence-corrected chi connectivity index (χ2v) is 5.87. The lowest BCUT2D eigenvalue weighted by molar-refractivity contribution is 0.149. The number of ether oxygens (including phenoxy) is 1. The minimum atomic E-state index is -0.267. The maximum absolute atomic E-state index is 12.2. The van der Waals surface area contributed by atoms with Crippen LogP contribution in [0.3, 0.4) is 0 Å². The van der Waals surface area contributed by atoms with Gasteiger partial charge < -0.3 is 14.5 Å². The van der Waals surface area contributed by atoms with Gasteiger partial charge in [-0.05, 0) is 43.2 Å². The fourth-order valence-corrected chi connectivity index (χ4v) is 2.86. The van der Waals surface area contributed by atoms with Crippen LogP contribution in [-0.2, 0) is 0 Å². The van der Waals surface area contributed by atoms with Crippen LogP contribution in [0.5, 0.6) is 5.75 Å². The molecule has 1 fully saturated rings. The molecule has 2 aromatic carbocycles. The fourth-order valence-electron chi connectivity index (χ4n) is 2.86. The zero-order chi connectivity index (χ0) is 16.2. The topological polar surface area (TPSA) is 32.8 Å². The number of hydrogen-bond acceptors (Lipinski definition) is 3. The number of aryl methyl sites for hydroxylation is 1. The average Bonchev–Trinajstić information content (AvgIpc) is 2.58. The molecular weight excluding hydrogens is 288 g/mol. The first-order valence-corrected chi connectivity index (χ1v) is 7.98. The number of nitrogens with zero attached hydrogens (tertiary/aromatic N) is 2. The van der Waals surface area contributed by atoms with Gasteiger partial charge in [0.1, 0.15) is 5.75 Å². The molecule has 1 aliphatic heterocycles. The van der Waals surface area contributed by atoms with E-state index in [9.17, 15) is 4.79 Å². The molecule has 2 aromatic rings. The first-order valence-electron chi connectivity index (χ1n) is 7.98. The summed E-state index contributed by atoms with van der Waals surface area (Å²) in [6, 6.07) is 15.6. The van der Waals surface area contributed by atoms with E-state index in [2.05, 4.69) is 36.9 Å². The second-order valence-electron chi connectivity index (χ2n) is 5.87. The third-order valence-corrected chi connectivity index (χ3v) is 4.40. The van der Waals surface area contributed by atoms with Gasteiger partial charge in [0.15, 0.2) is 0 Å². The van der Waals surface area contributed by atoms with Gasteiger partial charge >= 0.3 is 6.09 Å². The van der Waals surface area contributed by atoms with Crippen molar-refractivity contribution in [2.24, 2.45) is 0 Å². The molecule has 1 amide bonds. The van der Waals surface area contributed by atoms with E-state index in [4.69, 9.17) is 4.74 Å². The molecule has 23 heavy (non-hydrogen) atoms. The molecule has 4 nitrogen and oxygen atoms in total. The molecule has 0 aromatic heterocycles. The van der Waals surface area contributed by atoms with Crippen LogP contribution in [0.1, 0.15) is 11.1 Å². The number of rotatable bonds is 2. The molecule has 4 heteroatoms. The zero-order valence-electron chi connectivity index (χ0n) is 13.7. The molecule has 3 rings (SSSR count). The Kier molecular flexibility index (Phi) is 4.51. The highest BCUT2D eigenvalue weighted by atomic mass is 16.6. The SMILES string of the molecule is Cc1cccc(N2CCN(C(=O)Oc3ccccc3)CC2)c1C. The van der Waals surface area contributed by atoms with E-state index in [-0.39, 0.29) is 6.09 Å². The smallest absolute Gasteiger partial charge is 0.410 e. The Balaban J connectivity index is 1.60. The molecule has 0 atom stereocenters. The van der Waals surface area contributed by atoms with Gasteiger partial charge in [0.25, 0.3) is 0 Å². The summed E-state index contributed by atoms with van der Waals surface area (Å²) in [4.78, 5) is 16.3. The van der Waals surface area contributed by atoms with Gasteiger partial charge in [-0.2, -0.15) is 0 Å². The summed E-state index contributed by atoms with van der Waals surface area (Å²) >= 11 is 0. The first-order chi connectivity index (χ1) is 11.1. The van der Waals surface area contributed by atoms with E-state index < -0.39 is 0 Å². The lowest BCUT2D eigenvalue weighted by Gasteiger charge is -2.36. The van der Waals surface area contributed by atoms with Crippen molar-refractivity contribution in [1.29, 1.82) is 0 Å². The number of amides is 1. The normalized spacial score (nSPS) is 14.7. The van der Waals surface area contributed by atoms with Crippen LogP contribution >= 0.6 is 0 Å². The highest BCUT2D eigenvalue weighted by Gasteiger charge is 2.23. The summed E-state index contributed by atoms with van der Waals surface area (Å²) in [6.07, 6.45) is -0.267. The van der Waals surface area contributed by atoms with Gasteiger partial charge in [0.2, 0.25) is 0 Å². The molecule has 0 aliphatic carbocycles. The summed E-state index contributed by atoms with van der Waals surface area (Å²) in [5, 5.41) is 0. The van der Waals surface area contributed by atoms with Crippen molar-refractivity contribution < 1.29 is 9.53 Å². The van der Waals surface area contributed by atoms with Crippen LogP contribution in [0.25, 0.3) is 0 Å². The van der Waals surface area contributed by atoms with Gasteiger partial charge in [-0.1, -0.05) is 30.3 Å². The van der Waals surface area contributed by atoms with Gasteiger partial charge in [-0.25, -0.2) is 4.79 Å². The molecule has 0 unspecified atom stereocenters. The molecule has 120 valence electrons. The maximum atomic E-state index is 12.2. The standard InChI is InChI=1S/C19H22N2O2/c1-15-7-6-10-18(16(15)2)20-11-13-21(14-12-20)19(22)23-17-8-4-3-5-9-17/h3-10H,11-14H2,1-2H3. The van der Waals surface area contributed by atoms with Crippen molar-refractivity contribution in [1.82, 2.24) is 4.90 Å². The number of anilines is 1. The van der Waals surface area contributed by atoms with Crippen molar-refractivity contribution in [3.8, 4) is 5.75 Å². The largest absolute Gasteiger partial charge is 0.415 e. The molecule has 0 N–H and O–H groups in total. The van der Waals surface area contributed by atoms with Crippen LogP contribution in [0.2, 0.25) is 0 Å². The number of benzene rings is 2. The van der Waals surface area contributed by atoms with Crippen LogP contribution in [0.15, 0.2) is 48.5 Å². The number of carbonyl (C=O) groups excluding carboxylic acids is 1. The molecule has 1 aliphatic rings. The zero-order valence-corrected chi connectivity index (χ0v) is 13.7. The van der Waals surface area contributed by atoms with Crippen molar-refractivity contribution in [2.75, 3.05) is 31.1 Å². The summed E-state index contributed by atoms with van der Waals surface area (Å²) in [6.45, 7) is 7.30. The molecule has 0 bridgehead atoms. The highest BCUT2D eigenvalue weighted by Crippen LogP contribution is 2.24. The predicted molar refractivity (Wildman–Crippen MR) is 92.2 cm³/mol. The van der Waals surface area contributed by atoms with E-state index in [1.165, 1.54) is 16.8 Å². The van der Waals surface area contributed by atoms with Crippen LogP contribution in [-0.4, -0.2) is 37.2 Å². The molecule has 1 heterocycles. The van der Waals surface area contributed by atoms with Gasteiger partial charge in [0, 0.05) is 31.9 Å². The van der Waals surface area contributed by atoms with Crippen molar-refractivity contribution in [3.63, 3.8) is 0 Å². The Morgan fingerprint density at radius 3 is 2.30 bits per heavy atom. The number of carbonyl (C=O) groups is 1. The van der Waals surface area contributed by atoms with E-state index in [0.717, 1.165) is 13.1 Å². The van der Waals surface area contributed by atoms with Crippen molar-refractivity contribution in [3.05, 3.63) is 59.7 Å². The second kappa shape index (κ2) is 6.73. The summed E-state index contributed by atoms with van der Waals surface area (Å²) < 4.78 is 5.41. The van der Waals surface area contributed by atoms with Crippen molar-refractivity contribution in [2.45, 2.75) is 13.8 Å². The van der Waals surface area contributed by atoms with Gasteiger partial charge in [-0.3, -0.25) is 0 Å². The molecule has 0 saturated carbocycles. The van der Waals surface area contributed by atoms with Crippen LogP contribution in [0, 0.1) is 13.8 Å². The minimum Gasteiger partial charge on any atom is -0.410 e. The minimum absolute atomic E-state index is 0.267. The quantitative estimate of drug-likeness (QED) is 0.849. The maximum Gasteiger partial charge on any atom is 0.415 e. The molecule has 0 spiro atoms. The third kappa shape index (κ3) is 3.47. The average molecular weight is 310 g/mol. The third-order valence-electron chi connectivity index (χ3n) is 4.40. The number of para-hydroxylation sites is 1. The van der Waals surface area contributed by atoms with Gasteiger partial charge in [0.05, 0.1) is 0 Å². The highest BCUT2D eigenvalue weighted by molar-refractivity contribution is 5.71. The first kappa shape index (κ1) is 15.4. The van der Waals surface area contributed by atoms with E-state index in [0.29, 0.717) is 18.8 Å². The number of piperazine rings is 1. The monoisotopic (exact) mass is 310 g/mol. The van der Waals surface area contributed by atoms with Crippen molar-refractivity contribution >= 4 is 11.8 Å².